The third kappa shape index (κ3) is 4.92. The summed E-state index contributed by atoms with van der Waals surface area (Å²) in [6, 6.07) is 7.41. The first-order valence-electron chi connectivity index (χ1n) is 8.05. The van der Waals surface area contributed by atoms with E-state index in [1.807, 2.05) is 0 Å². The van der Waals surface area contributed by atoms with Crippen LogP contribution in [-0.4, -0.2) is 38.7 Å². The van der Waals surface area contributed by atoms with E-state index in [0.29, 0.717) is 5.69 Å². The van der Waals surface area contributed by atoms with Gasteiger partial charge in [0.2, 0.25) is 0 Å². The second kappa shape index (κ2) is 9.09. The fourth-order valence-electron chi connectivity index (χ4n) is 2.29. The highest BCUT2D eigenvalue weighted by atomic mass is 35.5. The normalized spacial score (nSPS) is 10.1. The minimum atomic E-state index is -0.797. The maximum Gasteiger partial charge on any atom is 0.342 e. The monoisotopic (exact) mass is 406 g/mol. The van der Waals surface area contributed by atoms with Gasteiger partial charge in [-0.15, -0.1) is 0 Å². The Kier molecular flexibility index (Phi) is 6.84. The van der Waals surface area contributed by atoms with Gasteiger partial charge in [-0.1, -0.05) is 17.7 Å². The summed E-state index contributed by atoms with van der Waals surface area (Å²) < 4.78 is 14.8. The van der Waals surface area contributed by atoms with Gasteiger partial charge in [0.15, 0.2) is 6.61 Å². The highest BCUT2D eigenvalue weighted by molar-refractivity contribution is 6.33. The van der Waals surface area contributed by atoms with Crippen LogP contribution in [-0.2, 0) is 14.3 Å². The largest absolute Gasteiger partial charge is 0.496 e. The first kappa shape index (κ1) is 21.0. The maximum absolute atomic E-state index is 12.3. The van der Waals surface area contributed by atoms with Gasteiger partial charge in [-0.2, -0.15) is 0 Å². The molecule has 0 aliphatic rings. The highest BCUT2D eigenvalue weighted by Gasteiger charge is 2.18. The summed E-state index contributed by atoms with van der Waals surface area (Å²) in [5.74, 6) is -1.74. The van der Waals surface area contributed by atoms with E-state index in [1.54, 1.807) is 19.1 Å². The van der Waals surface area contributed by atoms with Crippen molar-refractivity contribution in [3.05, 3.63) is 52.0 Å². The van der Waals surface area contributed by atoms with Crippen molar-refractivity contribution in [2.24, 2.45) is 0 Å². The summed E-state index contributed by atoms with van der Waals surface area (Å²) in [6.45, 7) is 1.20. The molecule has 8 nitrogen and oxygen atoms in total. The molecule has 0 fully saturated rings. The zero-order chi connectivity index (χ0) is 20.8. The standard InChI is InChI=1S/C19H19ClN2O6/c1-10-4-5-11(18(24)27-3)6-15(10)22-17(23)9-28-19(25)12-7-13(20)14(21)8-16(12)26-2/h4-8H,9,21H2,1-3H3,(H,22,23). The van der Waals surface area contributed by atoms with E-state index in [-0.39, 0.29) is 27.6 Å². The number of carbonyl (C=O) groups excluding carboxylic acids is 3. The van der Waals surface area contributed by atoms with E-state index in [2.05, 4.69) is 10.1 Å². The Labute approximate surface area is 166 Å². The number of rotatable bonds is 6. The highest BCUT2D eigenvalue weighted by Crippen LogP contribution is 2.29. The molecule has 9 heteroatoms. The number of nitrogens with two attached hydrogens (primary N) is 1. The summed E-state index contributed by atoms with van der Waals surface area (Å²) in [7, 11) is 2.63. The van der Waals surface area contributed by atoms with Gasteiger partial charge in [-0.25, -0.2) is 9.59 Å². The molecule has 2 aromatic carbocycles. The van der Waals surface area contributed by atoms with E-state index in [4.69, 9.17) is 26.8 Å². The van der Waals surface area contributed by atoms with Gasteiger partial charge in [0.05, 0.1) is 30.5 Å². The van der Waals surface area contributed by atoms with Crippen molar-refractivity contribution < 1.29 is 28.6 Å². The van der Waals surface area contributed by atoms with Gasteiger partial charge in [-0.3, -0.25) is 4.79 Å². The number of benzene rings is 2. The van der Waals surface area contributed by atoms with Crippen LogP contribution in [0.3, 0.4) is 0 Å². The number of anilines is 2. The number of carbonyl (C=O) groups is 3. The van der Waals surface area contributed by atoms with Crippen molar-refractivity contribution in [1.29, 1.82) is 0 Å². The molecule has 0 heterocycles. The zero-order valence-corrected chi connectivity index (χ0v) is 16.3. The summed E-state index contributed by atoms with van der Waals surface area (Å²) in [4.78, 5) is 36.0. The molecule has 0 radical (unpaired) electrons. The van der Waals surface area contributed by atoms with Crippen LogP contribution in [0, 0.1) is 6.92 Å². The molecule has 0 aliphatic heterocycles. The molecular weight excluding hydrogens is 388 g/mol. The first-order valence-corrected chi connectivity index (χ1v) is 8.43. The Morgan fingerprint density at radius 3 is 2.46 bits per heavy atom. The molecule has 0 saturated carbocycles. The third-order valence-electron chi connectivity index (χ3n) is 3.81. The summed E-state index contributed by atoms with van der Waals surface area (Å²) in [5.41, 5.74) is 7.36. The molecule has 0 saturated heterocycles. The minimum Gasteiger partial charge on any atom is -0.496 e. The number of esters is 2. The molecule has 0 atom stereocenters. The predicted molar refractivity (Wildman–Crippen MR) is 104 cm³/mol. The van der Waals surface area contributed by atoms with Crippen LogP contribution < -0.4 is 15.8 Å². The lowest BCUT2D eigenvalue weighted by molar-refractivity contribution is -0.119. The lowest BCUT2D eigenvalue weighted by atomic mass is 10.1. The van der Waals surface area contributed by atoms with Crippen LogP contribution in [0.2, 0.25) is 5.02 Å². The van der Waals surface area contributed by atoms with Gasteiger partial charge in [0, 0.05) is 11.8 Å². The number of hydrogen-bond donors (Lipinski definition) is 2. The number of nitrogens with one attached hydrogen (secondary N) is 1. The lowest BCUT2D eigenvalue weighted by Gasteiger charge is -2.12. The van der Waals surface area contributed by atoms with Crippen LogP contribution in [0.5, 0.6) is 5.75 Å². The summed E-state index contributed by atoms with van der Waals surface area (Å²) >= 11 is 5.92. The Hall–Kier alpha value is -3.26. The average molecular weight is 407 g/mol. The Balaban J connectivity index is 2.06. The quantitative estimate of drug-likeness (QED) is 0.559. The van der Waals surface area contributed by atoms with Crippen molar-refractivity contribution in [2.45, 2.75) is 6.92 Å². The summed E-state index contributed by atoms with van der Waals surface area (Å²) in [6.07, 6.45) is 0. The van der Waals surface area contributed by atoms with Crippen molar-refractivity contribution >= 4 is 40.8 Å². The predicted octanol–water partition coefficient (Wildman–Crippen LogP) is 2.82. The zero-order valence-electron chi connectivity index (χ0n) is 15.5. The number of aryl methyl sites for hydroxylation is 1. The van der Waals surface area contributed by atoms with Crippen LogP contribution in [0.1, 0.15) is 26.3 Å². The molecule has 0 aliphatic carbocycles. The number of nitrogen functional groups attached to an aromatic ring is 1. The molecule has 28 heavy (non-hydrogen) atoms. The molecule has 0 spiro atoms. The molecule has 2 rings (SSSR count). The molecule has 1 amide bonds. The van der Waals surface area contributed by atoms with Gasteiger partial charge in [-0.05, 0) is 30.7 Å². The van der Waals surface area contributed by atoms with Crippen molar-refractivity contribution in [3.63, 3.8) is 0 Å². The topological polar surface area (TPSA) is 117 Å². The minimum absolute atomic E-state index is 0.0402. The Morgan fingerprint density at radius 1 is 1.11 bits per heavy atom. The van der Waals surface area contributed by atoms with Gasteiger partial charge in [0.1, 0.15) is 11.3 Å². The number of hydrogen-bond acceptors (Lipinski definition) is 7. The number of ether oxygens (including phenoxy) is 3. The smallest absolute Gasteiger partial charge is 0.342 e. The SMILES string of the molecule is COC(=O)c1ccc(C)c(NC(=O)COC(=O)c2cc(Cl)c(N)cc2OC)c1. The summed E-state index contributed by atoms with van der Waals surface area (Å²) in [5, 5.41) is 2.74. The molecule has 0 unspecified atom stereocenters. The maximum atomic E-state index is 12.3. The van der Waals surface area contributed by atoms with E-state index in [9.17, 15) is 14.4 Å². The fraction of sp³-hybridized carbons (Fsp3) is 0.211. The lowest BCUT2D eigenvalue weighted by Crippen LogP contribution is -2.22. The molecule has 2 aromatic rings. The van der Waals surface area contributed by atoms with Crippen molar-refractivity contribution in [2.75, 3.05) is 31.9 Å². The average Bonchev–Trinajstić information content (AvgIpc) is 2.68. The second-order valence-electron chi connectivity index (χ2n) is 5.72. The first-order chi connectivity index (χ1) is 13.3. The molecule has 3 N–H and O–H groups in total. The molecule has 0 bridgehead atoms. The number of amides is 1. The third-order valence-corrected chi connectivity index (χ3v) is 4.13. The van der Waals surface area contributed by atoms with E-state index < -0.39 is 24.5 Å². The van der Waals surface area contributed by atoms with Crippen LogP contribution >= 0.6 is 11.6 Å². The molecule has 0 aromatic heterocycles. The van der Waals surface area contributed by atoms with Gasteiger partial charge in [0.25, 0.3) is 5.91 Å². The Bertz CT molecular complexity index is 929. The van der Waals surface area contributed by atoms with E-state index in [1.165, 1.54) is 32.4 Å². The molecule has 148 valence electrons. The second-order valence-corrected chi connectivity index (χ2v) is 6.13. The fourth-order valence-corrected chi connectivity index (χ4v) is 2.46. The van der Waals surface area contributed by atoms with Crippen LogP contribution in [0.25, 0.3) is 0 Å². The van der Waals surface area contributed by atoms with E-state index >= 15 is 0 Å². The number of methoxy groups -OCH3 is 2. The van der Waals surface area contributed by atoms with Gasteiger partial charge < -0.3 is 25.3 Å². The van der Waals surface area contributed by atoms with Crippen molar-refractivity contribution in [1.82, 2.24) is 0 Å². The Morgan fingerprint density at radius 2 is 1.82 bits per heavy atom. The number of halogens is 1. The van der Waals surface area contributed by atoms with Crippen molar-refractivity contribution in [3.8, 4) is 5.75 Å². The van der Waals surface area contributed by atoms with E-state index in [0.717, 1.165) is 5.56 Å². The van der Waals surface area contributed by atoms with Crippen LogP contribution in [0.4, 0.5) is 11.4 Å². The molecular formula is C19H19ClN2O6. The van der Waals surface area contributed by atoms with Crippen LogP contribution in [0.15, 0.2) is 30.3 Å². The van der Waals surface area contributed by atoms with Gasteiger partial charge >= 0.3 is 11.9 Å².